The lowest BCUT2D eigenvalue weighted by Gasteiger charge is -2.14. The highest BCUT2D eigenvalue weighted by Crippen LogP contribution is 2.23. The van der Waals surface area contributed by atoms with Crippen molar-refractivity contribution in [3.63, 3.8) is 0 Å². The van der Waals surface area contributed by atoms with E-state index < -0.39 is 0 Å². The molecule has 3 nitrogen and oxygen atoms in total. The van der Waals surface area contributed by atoms with E-state index in [1.807, 2.05) is 16.8 Å². The van der Waals surface area contributed by atoms with Gasteiger partial charge in [0.05, 0.1) is 11.2 Å². The highest BCUT2D eigenvalue weighted by Gasteiger charge is 2.20. The molecule has 0 atom stereocenters. The number of hydrogen-bond acceptors (Lipinski definition) is 5. The SMILES string of the molecule is Cc1ncsc1CN(C)Cc1ccc(CNC2CC2)s1. The Morgan fingerprint density at radius 1 is 1.30 bits per heavy atom. The van der Waals surface area contributed by atoms with Gasteiger partial charge in [0.15, 0.2) is 0 Å². The number of aryl methyl sites for hydroxylation is 1. The lowest BCUT2D eigenvalue weighted by Crippen LogP contribution is -2.16. The number of thiazole rings is 1. The topological polar surface area (TPSA) is 28.2 Å². The van der Waals surface area contributed by atoms with Crippen LogP contribution >= 0.6 is 22.7 Å². The first-order valence-corrected chi connectivity index (χ1v) is 8.79. The Hall–Kier alpha value is -0.750. The van der Waals surface area contributed by atoms with Crippen LogP contribution in [0.4, 0.5) is 0 Å². The first-order chi connectivity index (χ1) is 9.70. The Kier molecular flexibility index (Phi) is 4.51. The zero-order chi connectivity index (χ0) is 13.9. The minimum absolute atomic E-state index is 0.789. The van der Waals surface area contributed by atoms with Crippen LogP contribution in [0.15, 0.2) is 17.6 Å². The Morgan fingerprint density at radius 3 is 2.80 bits per heavy atom. The van der Waals surface area contributed by atoms with Gasteiger partial charge in [0.25, 0.3) is 0 Å². The van der Waals surface area contributed by atoms with Gasteiger partial charge in [-0.1, -0.05) is 0 Å². The van der Waals surface area contributed by atoms with Crippen LogP contribution in [0.5, 0.6) is 0 Å². The second-order valence-corrected chi connectivity index (χ2v) is 7.75. The first kappa shape index (κ1) is 14.2. The molecule has 3 rings (SSSR count). The third kappa shape index (κ3) is 3.88. The predicted octanol–water partition coefficient (Wildman–Crippen LogP) is 3.40. The smallest absolute Gasteiger partial charge is 0.0798 e. The van der Waals surface area contributed by atoms with Gasteiger partial charge in [0, 0.05) is 40.3 Å². The van der Waals surface area contributed by atoms with Crippen LogP contribution in [0, 0.1) is 6.92 Å². The van der Waals surface area contributed by atoms with Gasteiger partial charge in [-0.25, -0.2) is 4.98 Å². The Balaban J connectivity index is 1.50. The van der Waals surface area contributed by atoms with Gasteiger partial charge in [-0.15, -0.1) is 22.7 Å². The maximum atomic E-state index is 4.31. The van der Waals surface area contributed by atoms with Gasteiger partial charge >= 0.3 is 0 Å². The summed E-state index contributed by atoms with van der Waals surface area (Å²) in [6.07, 6.45) is 2.71. The zero-order valence-corrected chi connectivity index (χ0v) is 13.7. The molecule has 1 N–H and O–H groups in total. The number of hydrogen-bond donors (Lipinski definition) is 1. The lowest BCUT2D eigenvalue weighted by molar-refractivity contribution is 0.324. The summed E-state index contributed by atoms with van der Waals surface area (Å²) in [6, 6.07) is 5.32. The number of nitrogens with zero attached hydrogens (tertiary/aromatic N) is 2. The third-order valence-corrected chi connectivity index (χ3v) is 5.53. The molecule has 108 valence electrons. The van der Waals surface area contributed by atoms with Gasteiger partial charge in [-0.05, 0) is 38.9 Å². The van der Waals surface area contributed by atoms with Gasteiger partial charge in [0.2, 0.25) is 0 Å². The molecular weight excluding hydrogens is 286 g/mol. The molecule has 0 amide bonds. The van der Waals surface area contributed by atoms with Crippen molar-refractivity contribution in [2.45, 2.75) is 45.4 Å². The molecule has 0 bridgehead atoms. The van der Waals surface area contributed by atoms with Gasteiger partial charge < -0.3 is 5.32 Å². The van der Waals surface area contributed by atoms with Crippen LogP contribution in [0.2, 0.25) is 0 Å². The van der Waals surface area contributed by atoms with Crippen molar-refractivity contribution in [1.29, 1.82) is 0 Å². The summed E-state index contributed by atoms with van der Waals surface area (Å²) in [7, 11) is 2.18. The fourth-order valence-corrected chi connectivity index (χ4v) is 4.09. The molecule has 2 heterocycles. The molecule has 0 radical (unpaired) electrons. The van der Waals surface area contributed by atoms with Gasteiger partial charge in [-0.2, -0.15) is 0 Å². The van der Waals surface area contributed by atoms with Crippen molar-refractivity contribution >= 4 is 22.7 Å². The van der Waals surface area contributed by atoms with E-state index >= 15 is 0 Å². The van der Waals surface area contributed by atoms with Crippen molar-refractivity contribution in [3.8, 4) is 0 Å². The summed E-state index contributed by atoms with van der Waals surface area (Å²) in [6.45, 7) is 5.13. The quantitative estimate of drug-likeness (QED) is 0.850. The first-order valence-electron chi connectivity index (χ1n) is 7.09. The molecule has 20 heavy (non-hydrogen) atoms. The van der Waals surface area contributed by atoms with E-state index in [9.17, 15) is 0 Å². The molecular formula is C15H21N3S2. The van der Waals surface area contributed by atoms with Crippen LogP contribution in [0.25, 0.3) is 0 Å². The second kappa shape index (κ2) is 6.35. The highest BCUT2D eigenvalue weighted by atomic mass is 32.1. The minimum atomic E-state index is 0.789. The minimum Gasteiger partial charge on any atom is -0.309 e. The molecule has 1 aliphatic carbocycles. The molecule has 1 fully saturated rings. The number of thiophene rings is 1. The molecule has 0 unspecified atom stereocenters. The molecule has 1 saturated carbocycles. The highest BCUT2D eigenvalue weighted by molar-refractivity contribution is 7.12. The van der Waals surface area contributed by atoms with E-state index in [4.69, 9.17) is 0 Å². The normalized spacial score (nSPS) is 15.2. The van der Waals surface area contributed by atoms with Crippen LogP contribution in [-0.2, 0) is 19.6 Å². The van der Waals surface area contributed by atoms with Gasteiger partial charge in [0.1, 0.15) is 0 Å². The number of aromatic nitrogens is 1. The van der Waals surface area contributed by atoms with E-state index in [2.05, 4.69) is 41.3 Å². The molecule has 2 aromatic heterocycles. The van der Waals surface area contributed by atoms with Crippen molar-refractivity contribution in [3.05, 3.63) is 38.0 Å². The Bertz CT molecular complexity index is 557. The number of nitrogens with one attached hydrogen (secondary N) is 1. The summed E-state index contributed by atoms with van der Waals surface area (Å²) in [5.74, 6) is 0. The predicted molar refractivity (Wildman–Crippen MR) is 86.2 cm³/mol. The van der Waals surface area contributed by atoms with Crippen LogP contribution in [0.1, 0.15) is 33.2 Å². The van der Waals surface area contributed by atoms with Gasteiger partial charge in [-0.3, -0.25) is 4.90 Å². The summed E-state index contributed by atoms with van der Waals surface area (Å²) in [5, 5.41) is 3.57. The van der Waals surface area contributed by atoms with Crippen LogP contribution in [-0.4, -0.2) is 23.0 Å². The molecule has 0 aliphatic heterocycles. The summed E-state index contributed by atoms with van der Waals surface area (Å²) in [5.41, 5.74) is 3.10. The molecule has 0 spiro atoms. The Labute approximate surface area is 128 Å². The summed E-state index contributed by atoms with van der Waals surface area (Å²) in [4.78, 5) is 11.0. The molecule has 5 heteroatoms. The second-order valence-electron chi connectivity index (χ2n) is 5.56. The van der Waals surface area contributed by atoms with E-state index in [1.54, 1.807) is 11.3 Å². The lowest BCUT2D eigenvalue weighted by atomic mass is 10.3. The zero-order valence-electron chi connectivity index (χ0n) is 12.1. The standard InChI is InChI=1S/C15H21N3S2/c1-11-15(19-10-17-11)9-18(2)8-14-6-5-13(20-14)7-16-12-3-4-12/h5-6,10,12,16H,3-4,7-9H2,1-2H3. The van der Waals surface area contributed by atoms with Crippen LogP contribution < -0.4 is 5.32 Å². The summed E-state index contributed by atoms with van der Waals surface area (Å²) >= 11 is 3.68. The third-order valence-electron chi connectivity index (χ3n) is 3.54. The molecule has 0 aromatic carbocycles. The van der Waals surface area contributed by atoms with E-state index in [0.717, 1.165) is 25.7 Å². The largest absolute Gasteiger partial charge is 0.309 e. The average Bonchev–Trinajstić information content (AvgIpc) is 3.02. The van der Waals surface area contributed by atoms with Crippen molar-refractivity contribution < 1.29 is 0 Å². The maximum absolute atomic E-state index is 4.31. The van der Waals surface area contributed by atoms with Crippen LogP contribution in [0.3, 0.4) is 0 Å². The van der Waals surface area contributed by atoms with E-state index in [1.165, 1.54) is 33.2 Å². The summed E-state index contributed by atoms with van der Waals surface area (Å²) < 4.78 is 0. The molecule has 1 aliphatic rings. The fourth-order valence-electron chi connectivity index (χ4n) is 2.18. The Morgan fingerprint density at radius 2 is 2.10 bits per heavy atom. The van der Waals surface area contributed by atoms with Crippen molar-refractivity contribution in [1.82, 2.24) is 15.2 Å². The monoisotopic (exact) mass is 307 g/mol. The fraction of sp³-hybridized carbons (Fsp3) is 0.533. The maximum Gasteiger partial charge on any atom is 0.0798 e. The number of rotatable bonds is 7. The molecule has 2 aromatic rings. The van der Waals surface area contributed by atoms with Crippen molar-refractivity contribution in [2.24, 2.45) is 0 Å². The van der Waals surface area contributed by atoms with E-state index in [0.29, 0.717) is 0 Å². The average molecular weight is 307 g/mol. The molecule has 0 saturated heterocycles. The van der Waals surface area contributed by atoms with E-state index in [-0.39, 0.29) is 0 Å². The van der Waals surface area contributed by atoms with Crippen molar-refractivity contribution in [2.75, 3.05) is 7.05 Å².